The molecule has 1 fully saturated rings. The summed E-state index contributed by atoms with van der Waals surface area (Å²) in [6.07, 6.45) is 2.11. The van der Waals surface area contributed by atoms with E-state index in [1.807, 2.05) is 4.90 Å². The molecule has 1 aliphatic rings. The van der Waals surface area contributed by atoms with E-state index >= 15 is 0 Å². The molecule has 1 amide bonds. The maximum atomic E-state index is 10.8. The van der Waals surface area contributed by atoms with Crippen molar-refractivity contribution in [3.8, 4) is 0 Å². The molecule has 0 saturated carbocycles. The average Bonchev–Trinajstić information content (AvgIpc) is 2.39. The van der Waals surface area contributed by atoms with E-state index < -0.39 is 6.09 Å². The van der Waals surface area contributed by atoms with Crippen molar-refractivity contribution in [2.24, 2.45) is 0 Å². The lowest BCUT2D eigenvalue weighted by molar-refractivity contribution is 0.142. The fourth-order valence-corrected chi connectivity index (χ4v) is 1.86. The Morgan fingerprint density at radius 1 is 1.35 bits per heavy atom. The predicted octanol–water partition coefficient (Wildman–Crippen LogP) is -0.231. The molecule has 7 heteroatoms. The second-order valence-corrected chi connectivity index (χ2v) is 3.79. The van der Waals surface area contributed by atoms with Gasteiger partial charge in [-0.3, -0.25) is 0 Å². The highest BCUT2D eigenvalue weighted by Gasteiger charge is 2.22. The number of hydrogen-bond donors (Lipinski definition) is 2. The number of aliphatic hydroxyl groups excluding tert-OH is 1. The van der Waals surface area contributed by atoms with Gasteiger partial charge in [0.1, 0.15) is 12.1 Å². The summed E-state index contributed by atoms with van der Waals surface area (Å²) in [5, 5.41) is 18.0. The maximum Gasteiger partial charge on any atom is 0.407 e. The first-order valence-electron chi connectivity index (χ1n) is 5.35. The summed E-state index contributed by atoms with van der Waals surface area (Å²) in [5.41, 5.74) is 0.663. The molecule has 0 aromatic carbocycles. The Morgan fingerprint density at radius 3 is 2.65 bits per heavy atom. The van der Waals surface area contributed by atoms with Gasteiger partial charge in [-0.25, -0.2) is 14.8 Å². The molecule has 1 aromatic heterocycles. The SMILES string of the molecule is O=C(O)N1CCN(c2ncncc2CO)CC1. The third-order valence-corrected chi connectivity index (χ3v) is 2.78. The molecule has 2 heterocycles. The molecular formula is C10H14N4O3. The minimum Gasteiger partial charge on any atom is -0.465 e. The zero-order chi connectivity index (χ0) is 12.3. The highest BCUT2D eigenvalue weighted by Crippen LogP contribution is 2.17. The molecule has 92 valence electrons. The van der Waals surface area contributed by atoms with E-state index in [9.17, 15) is 9.90 Å². The second kappa shape index (κ2) is 4.96. The van der Waals surface area contributed by atoms with Gasteiger partial charge < -0.3 is 20.0 Å². The summed E-state index contributed by atoms with van der Waals surface area (Å²) < 4.78 is 0. The lowest BCUT2D eigenvalue weighted by Crippen LogP contribution is -2.48. The summed E-state index contributed by atoms with van der Waals surface area (Å²) in [5.74, 6) is 0.688. The van der Waals surface area contributed by atoms with Gasteiger partial charge in [-0.1, -0.05) is 0 Å². The van der Waals surface area contributed by atoms with Crippen LogP contribution >= 0.6 is 0 Å². The van der Waals surface area contributed by atoms with Crippen molar-refractivity contribution in [2.75, 3.05) is 31.1 Å². The normalized spacial score (nSPS) is 16.1. The molecule has 2 N–H and O–H groups in total. The van der Waals surface area contributed by atoms with Crippen molar-refractivity contribution in [1.82, 2.24) is 14.9 Å². The van der Waals surface area contributed by atoms with Crippen LogP contribution in [-0.2, 0) is 6.61 Å². The quantitative estimate of drug-likeness (QED) is 0.739. The summed E-state index contributed by atoms with van der Waals surface area (Å²) in [7, 11) is 0. The smallest absolute Gasteiger partial charge is 0.407 e. The van der Waals surface area contributed by atoms with Crippen LogP contribution in [0.1, 0.15) is 5.56 Å². The topological polar surface area (TPSA) is 89.8 Å². The van der Waals surface area contributed by atoms with Crippen LogP contribution in [0.5, 0.6) is 0 Å². The number of carbonyl (C=O) groups is 1. The van der Waals surface area contributed by atoms with Crippen LogP contribution in [0.4, 0.5) is 10.6 Å². The summed E-state index contributed by atoms with van der Waals surface area (Å²) >= 11 is 0. The molecule has 17 heavy (non-hydrogen) atoms. The Balaban J connectivity index is 2.07. The molecule has 0 bridgehead atoms. The summed E-state index contributed by atoms with van der Waals surface area (Å²) in [6, 6.07) is 0. The van der Waals surface area contributed by atoms with Gasteiger partial charge in [0.05, 0.1) is 6.61 Å². The molecule has 1 aliphatic heterocycles. The fraction of sp³-hybridized carbons (Fsp3) is 0.500. The Kier molecular flexibility index (Phi) is 3.38. The number of amides is 1. The number of piperazine rings is 1. The van der Waals surface area contributed by atoms with Crippen LogP contribution < -0.4 is 4.90 Å². The van der Waals surface area contributed by atoms with Crippen LogP contribution in [0.3, 0.4) is 0 Å². The fourth-order valence-electron chi connectivity index (χ4n) is 1.86. The number of anilines is 1. The zero-order valence-electron chi connectivity index (χ0n) is 9.28. The van der Waals surface area contributed by atoms with E-state index in [4.69, 9.17) is 5.11 Å². The van der Waals surface area contributed by atoms with Gasteiger partial charge in [-0.05, 0) is 0 Å². The van der Waals surface area contributed by atoms with Crippen LogP contribution in [0.2, 0.25) is 0 Å². The van der Waals surface area contributed by atoms with Gasteiger partial charge >= 0.3 is 6.09 Å². The lowest BCUT2D eigenvalue weighted by atomic mass is 10.2. The zero-order valence-corrected chi connectivity index (χ0v) is 9.28. The minimum absolute atomic E-state index is 0.116. The second-order valence-electron chi connectivity index (χ2n) is 3.79. The molecule has 0 spiro atoms. The Hall–Kier alpha value is -1.89. The van der Waals surface area contributed by atoms with Crippen molar-refractivity contribution in [2.45, 2.75) is 6.61 Å². The van der Waals surface area contributed by atoms with Crippen molar-refractivity contribution in [3.63, 3.8) is 0 Å². The Morgan fingerprint density at radius 2 is 2.06 bits per heavy atom. The van der Waals surface area contributed by atoms with E-state index in [0.29, 0.717) is 37.6 Å². The van der Waals surface area contributed by atoms with Crippen molar-refractivity contribution in [3.05, 3.63) is 18.1 Å². The Labute approximate surface area is 98.3 Å². The van der Waals surface area contributed by atoms with E-state index in [2.05, 4.69) is 9.97 Å². The van der Waals surface area contributed by atoms with E-state index in [1.54, 1.807) is 6.20 Å². The number of hydrogen-bond acceptors (Lipinski definition) is 5. The number of aromatic nitrogens is 2. The standard InChI is InChI=1S/C10H14N4O3/c15-6-8-5-11-7-12-9(8)13-1-3-14(4-2-13)10(16)17/h5,7,15H,1-4,6H2,(H,16,17). The highest BCUT2D eigenvalue weighted by atomic mass is 16.4. The molecule has 0 radical (unpaired) electrons. The maximum absolute atomic E-state index is 10.8. The molecule has 0 atom stereocenters. The molecule has 0 aliphatic carbocycles. The molecule has 7 nitrogen and oxygen atoms in total. The number of carboxylic acid groups (broad SMARTS) is 1. The monoisotopic (exact) mass is 238 g/mol. The van der Waals surface area contributed by atoms with Crippen LogP contribution in [0.25, 0.3) is 0 Å². The molecule has 2 rings (SSSR count). The predicted molar refractivity (Wildman–Crippen MR) is 59.8 cm³/mol. The van der Waals surface area contributed by atoms with Gasteiger partial charge in [0, 0.05) is 37.9 Å². The first kappa shape index (κ1) is 11.6. The van der Waals surface area contributed by atoms with E-state index in [-0.39, 0.29) is 6.61 Å². The van der Waals surface area contributed by atoms with Crippen LogP contribution in [-0.4, -0.2) is 57.4 Å². The van der Waals surface area contributed by atoms with Crippen molar-refractivity contribution >= 4 is 11.9 Å². The first-order valence-corrected chi connectivity index (χ1v) is 5.35. The molecule has 1 saturated heterocycles. The Bertz CT molecular complexity index is 404. The molecule has 1 aromatic rings. The third kappa shape index (κ3) is 2.44. The number of rotatable bonds is 2. The average molecular weight is 238 g/mol. The van der Waals surface area contributed by atoms with Crippen molar-refractivity contribution < 1.29 is 15.0 Å². The van der Waals surface area contributed by atoms with Crippen LogP contribution in [0, 0.1) is 0 Å². The van der Waals surface area contributed by atoms with Gasteiger partial charge in [0.15, 0.2) is 0 Å². The van der Waals surface area contributed by atoms with E-state index in [0.717, 1.165) is 0 Å². The largest absolute Gasteiger partial charge is 0.465 e. The number of nitrogens with zero attached hydrogens (tertiary/aromatic N) is 4. The molecular weight excluding hydrogens is 224 g/mol. The number of aliphatic hydroxyl groups is 1. The summed E-state index contributed by atoms with van der Waals surface area (Å²) in [4.78, 5) is 22.1. The first-order chi connectivity index (χ1) is 8.22. The van der Waals surface area contributed by atoms with Gasteiger partial charge in [-0.2, -0.15) is 0 Å². The highest BCUT2D eigenvalue weighted by molar-refractivity contribution is 5.65. The summed E-state index contributed by atoms with van der Waals surface area (Å²) in [6.45, 7) is 1.94. The molecule has 0 unspecified atom stereocenters. The third-order valence-electron chi connectivity index (χ3n) is 2.78. The van der Waals surface area contributed by atoms with Gasteiger partial charge in [-0.15, -0.1) is 0 Å². The van der Waals surface area contributed by atoms with Gasteiger partial charge in [0.2, 0.25) is 0 Å². The van der Waals surface area contributed by atoms with Crippen LogP contribution in [0.15, 0.2) is 12.5 Å². The van der Waals surface area contributed by atoms with E-state index in [1.165, 1.54) is 11.2 Å². The minimum atomic E-state index is -0.894. The van der Waals surface area contributed by atoms with Crippen molar-refractivity contribution in [1.29, 1.82) is 0 Å². The lowest BCUT2D eigenvalue weighted by Gasteiger charge is -2.34. The van der Waals surface area contributed by atoms with Gasteiger partial charge in [0.25, 0.3) is 0 Å².